The largest absolute Gasteiger partial charge is 0.396 e. The molecule has 1 aromatic heterocycles. The molecule has 1 N–H and O–H groups in total. The Labute approximate surface area is 147 Å². The average molecular weight is 335 g/mol. The second kappa shape index (κ2) is 7.77. The third-order valence-corrected chi connectivity index (χ3v) is 4.26. The number of rotatable bonds is 6. The molecule has 0 radical (unpaired) electrons. The summed E-state index contributed by atoms with van der Waals surface area (Å²) in [5.41, 5.74) is 2.53. The molecule has 1 unspecified atom stereocenters. The molecule has 0 saturated heterocycles. The Morgan fingerprint density at radius 2 is 1.84 bits per heavy atom. The highest BCUT2D eigenvalue weighted by atomic mass is 16.3. The van der Waals surface area contributed by atoms with Gasteiger partial charge in [0.2, 0.25) is 0 Å². The van der Waals surface area contributed by atoms with E-state index in [1.54, 1.807) is 35.0 Å². The minimum Gasteiger partial charge on any atom is -0.396 e. The van der Waals surface area contributed by atoms with Crippen LogP contribution in [0.15, 0.2) is 73.1 Å². The zero-order valence-corrected chi connectivity index (χ0v) is 14.1. The predicted octanol–water partition coefficient (Wildman–Crippen LogP) is 3.07. The summed E-state index contributed by atoms with van der Waals surface area (Å²) in [6, 6.07) is 18.8. The summed E-state index contributed by atoms with van der Waals surface area (Å²) < 4.78 is 1.75. The van der Waals surface area contributed by atoms with E-state index in [0.717, 1.165) is 11.3 Å². The lowest BCUT2D eigenvalue weighted by molar-refractivity contribution is 0.0705. The summed E-state index contributed by atoms with van der Waals surface area (Å²) in [4.78, 5) is 14.5. The molecule has 3 rings (SSSR count). The van der Waals surface area contributed by atoms with Gasteiger partial charge in [-0.1, -0.05) is 30.3 Å². The second-order valence-corrected chi connectivity index (χ2v) is 5.85. The van der Waals surface area contributed by atoms with Crippen LogP contribution in [-0.4, -0.2) is 39.3 Å². The van der Waals surface area contributed by atoms with E-state index in [2.05, 4.69) is 5.10 Å². The van der Waals surface area contributed by atoms with Gasteiger partial charge < -0.3 is 10.0 Å². The number of amides is 1. The van der Waals surface area contributed by atoms with Crippen molar-refractivity contribution in [1.82, 2.24) is 14.7 Å². The number of carbonyl (C=O) groups is 1. The minimum atomic E-state index is -0.163. The Bertz CT molecular complexity index is 799. The number of aliphatic hydroxyl groups is 1. The molecule has 0 fully saturated rings. The summed E-state index contributed by atoms with van der Waals surface area (Å²) in [5, 5.41) is 13.6. The molecule has 1 heterocycles. The van der Waals surface area contributed by atoms with Crippen LogP contribution >= 0.6 is 0 Å². The topological polar surface area (TPSA) is 58.4 Å². The van der Waals surface area contributed by atoms with Gasteiger partial charge in [-0.05, 0) is 42.3 Å². The number of benzene rings is 2. The van der Waals surface area contributed by atoms with Crippen LogP contribution in [0.4, 0.5) is 0 Å². The molecule has 128 valence electrons. The van der Waals surface area contributed by atoms with Crippen LogP contribution in [0.3, 0.4) is 0 Å². The Hall–Kier alpha value is -2.92. The van der Waals surface area contributed by atoms with Crippen molar-refractivity contribution in [1.29, 1.82) is 0 Å². The van der Waals surface area contributed by atoms with Crippen LogP contribution in [0.1, 0.15) is 28.4 Å². The van der Waals surface area contributed by atoms with E-state index < -0.39 is 0 Å². The Morgan fingerprint density at radius 3 is 2.44 bits per heavy atom. The smallest absolute Gasteiger partial charge is 0.254 e. The number of nitrogens with zero attached hydrogens (tertiary/aromatic N) is 3. The highest BCUT2D eigenvalue weighted by Gasteiger charge is 2.22. The van der Waals surface area contributed by atoms with Crippen molar-refractivity contribution in [3.63, 3.8) is 0 Å². The van der Waals surface area contributed by atoms with Gasteiger partial charge in [-0.15, -0.1) is 0 Å². The van der Waals surface area contributed by atoms with Crippen molar-refractivity contribution in [3.8, 4) is 5.69 Å². The van der Waals surface area contributed by atoms with Gasteiger partial charge in [0, 0.05) is 31.6 Å². The maximum absolute atomic E-state index is 12.9. The molecule has 0 aliphatic heterocycles. The van der Waals surface area contributed by atoms with Gasteiger partial charge in [0.15, 0.2) is 0 Å². The first-order valence-corrected chi connectivity index (χ1v) is 8.24. The number of carbonyl (C=O) groups excluding carboxylic acids is 1. The number of aromatic nitrogens is 2. The van der Waals surface area contributed by atoms with Gasteiger partial charge in [-0.2, -0.15) is 5.10 Å². The van der Waals surface area contributed by atoms with Crippen molar-refractivity contribution in [3.05, 3.63) is 84.2 Å². The highest BCUT2D eigenvalue weighted by Crippen LogP contribution is 2.24. The summed E-state index contributed by atoms with van der Waals surface area (Å²) in [6.07, 6.45) is 4.07. The number of aliphatic hydroxyl groups excluding tert-OH is 1. The molecule has 25 heavy (non-hydrogen) atoms. The lowest BCUT2D eigenvalue weighted by Gasteiger charge is -2.28. The van der Waals surface area contributed by atoms with Crippen LogP contribution in [0.25, 0.3) is 5.69 Å². The second-order valence-electron chi connectivity index (χ2n) is 5.85. The van der Waals surface area contributed by atoms with Crippen molar-refractivity contribution < 1.29 is 9.90 Å². The van der Waals surface area contributed by atoms with Gasteiger partial charge in [0.1, 0.15) is 0 Å². The lowest BCUT2D eigenvalue weighted by atomic mass is 10.0. The molecule has 5 nitrogen and oxygen atoms in total. The number of hydrogen-bond acceptors (Lipinski definition) is 3. The van der Waals surface area contributed by atoms with Crippen LogP contribution in [0.2, 0.25) is 0 Å². The van der Waals surface area contributed by atoms with Crippen molar-refractivity contribution >= 4 is 5.91 Å². The van der Waals surface area contributed by atoms with Crippen LogP contribution in [0.5, 0.6) is 0 Å². The summed E-state index contributed by atoms with van der Waals surface area (Å²) >= 11 is 0. The van der Waals surface area contributed by atoms with Crippen LogP contribution < -0.4 is 0 Å². The third-order valence-electron chi connectivity index (χ3n) is 4.26. The molecule has 5 heteroatoms. The molecular formula is C20H21N3O2. The van der Waals surface area contributed by atoms with Crippen molar-refractivity contribution in [2.45, 2.75) is 12.5 Å². The molecule has 0 spiro atoms. The Balaban J connectivity index is 1.80. The minimum absolute atomic E-state index is 0.0232. The molecule has 2 aromatic carbocycles. The van der Waals surface area contributed by atoms with E-state index in [-0.39, 0.29) is 18.6 Å². The van der Waals surface area contributed by atoms with Gasteiger partial charge in [0.25, 0.3) is 5.91 Å². The van der Waals surface area contributed by atoms with Crippen LogP contribution in [-0.2, 0) is 0 Å². The van der Waals surface area contributed by atoms with E-state index in [0.29, 0.717) is 12.0 Å². The SMILES string of the molecule is CN(C(=O)c1ccc(-n2cccn2)cc1)C(CCO)c1ccccc1. The highest BCUT2D eigenvalue weighted by molar-refractivity contribution is 5.94. The van der Waals surface area contributed by atoms with Gasteiger partial charge in [0.05, 0.1) is 11.7 Å². The Morgan fingerprint density at radius 1 is 1.12 bits per heavy atom. The molecule has 0 aliphatic carbocycles. The molecule has 0 saturated carbocycles. The molecule has 0 aliphatic rings. The van der Waals surface area contributed by atoms with Gasteiger partial charge in [-0.3, -0.25) is 4.79 Å². The van der Waals surface area contributed by atoms with Crippen molar-refractivity contribution in [2.75, 3.05) is 13.7 Å². The Kier molecular flexibility index (Phi) is 5.26. The standard InChI is InChI=1S/C20H21N3O2/c1-22(19(12-15-24)16-6-3-2-4-7-16)20(25)17-8-10-18(11-9-17)23-14-5-13-21-23/h2-11,13-14,19,24H,12,15H2,1H3. The third kappa shape index (κ3) is 3.78. The summed E-state index contributed by atoms with van der Waals surface area (Å²) in [7, 11) is 1.77. The van der Waals surface area contributed by atoms with E-state index in [1.165, 1.54) is 0 Å². The summed E-state index contributed by atoms with van der Waals surface area (Å²) in [5.74, 6) is -0.0747. The fraction of sp³-hybridized carbons (Fsp3) is 0.200. The average Bonchev–Trinajstić information content (AvgIpc) is 3.20. The van der Waals surface area contributed by atoms with E-state index in [9.17, 15) is 9.90 Å². The zero-order valence-electron chi connectivity index (χ0n) is 14.1. The molecule has 3 aromatic rings. The molecule has 1 amide bonds. The zero-order chi connectivity index (χ0) is 17.6. The summed E-state index contributed by atoms with van der Waals surface area (Å²) in [6.45, 7) is 0.0232. The molecule has 1 atom stereocenters. The first kappa shape index (κ1) is 16.9. The quantitative estimate of drug-likeness (QED) is 0.753. The van der Waals surface area contributed by atoms with Crippen LogP contribution in [0, 0.1) is 0 Å². The van der Waals surface area contributed by atoms with E-state index in [1.807, 2.05) is 54.7 Å². The fourth-order valence-corrected chi connectivity index (χ4v) is 2.90. The first-order valence-electron chi connectivity index (χ1n) is 8.24. The van der Waals surface area contributed by atoms with Gasteiger partial charge >= 0.3 is 0 Å². The number of hydrogen-bond donors (Lipinski definition) is 1. The van der Waals surface area contributed by atoms with Crippen molar-refractivity contribution in [2.24, 2.45) is 0 Å². The maximum atomic E-state index is 12.9. The fourth-order valence-electron chi connectivity index (χ4n) is 2.90. The van der Waals surface area contributed by atoms with Gasteiger partial charge in [-0.25, -0.2) is 4.68 Å². The van der Waals surface area contributed by atoms with E-state index >= 15 is 0 Å². The maximum Gasteiger partial charge on any atom is 0.254 e. The molecular weight excluding hydrogens is 314 g/mol. The van der Waals surface area contributed by atoms with E-state index in [4.69, 9.17) is 0 Å². The lowest BCUT2D eigenvalue weighted by Crippen LogP contribution is -2.31. The predicted molar refractivity (Wildman–Crippen MR) is 96.5 cm³/mol. The monoisotopic (exact) mass is 335 g/mol. The molecule has 0 bridgehead atoms. The normalized spacial score (nSPS) is 11.9. The first-order chi connectivity index (χ1) is 12.2.